The van der Waals surface area contributed by atoms with E-state index in [1.54, 1.807) is 32.3 Å². The Morgan fingerprint density at radius 2 is 1.74 bits per heavy atom. The minimum atomic E-state index is -0.413. The number of amides is 4. The second-order valence-corrected chi connectivity index (χ2v) is 7.76. The molecule has 1 saturated heterocycles. The van der Waals surface area contributed by atoms with Crippen LogP contribution in [0.25, 0.3) is 0 Å². The van der Waals surface area contributed by atoms with Crippen LogP contribution in [0.4, 0.5) is 0 Å². The Kier molecular flexibility index (Phi) is 6.94. The van der Waals surface area contributed by atoms with E-state index in [0.29, 0.717) is 24.3 Å². The largest absolute Gasteiger partial charge is 0.493 e. The molecule has 1 aromatic rings. The van der Waals surface area contributed by atoms with Gasteiger partial charge in [0.2, 0.25) is 17.7 Å². The fourth-order valence-corrected chi connectivity index (χ4v) is 3.63. The molecule has 4 amide bonds. The van der Waals surface area contributed by atoms with Crippen LogP contribution in [0.2, 0.25) is 0 Å². The maximum absolute atomic E-state index is 12.5. The number of imide groups is 1. The number of benzene rings is 1. The van der Waals surface area contributed by atoms with Gasteiger partial charge in [-0.1, -0.05) is 18.2 Å². The first kappa shape index (κ1) is 22.3. The fourth-order valence-electron chi connectivity index (χ4n) is 3.63. The van der Waals surface area contributed by atoms with E-state index in [2.05, 4.69) is 5.32 Å². The van der Waals surface area contributed by atoms with Gasteiger partial charge in [-0.3, -0.25) is 24.1 Å². The molecule has 166 valence electrons. The Balaban J connectivity index is 1.55. The van der Waals surface area contributed by atoms with Crippen LogP contribution >= 0.6 is 0 Å². The summed E-state index contributed by atoms with van der Waals surface area (Å²) in [7, 11) is 4.77. The van der Waals surface area contributed by atoms with Crippen molar-refractivity contribution in [3.05, 3.63) is 35.9 Å². The van der Waals surface area contributed by atoms with E-state index >= 15 is 0 Å². The molecule has 1 heterocycles. The molecule has 2 atom stereocenters. The summed E-state index contributed by atoms with van der Waals surface area (Å²) in [6.07, 6.45) is 4.91. The first-order valence-corrected chi connectivity index (χ1v) is 10.1. The molecule has 3 rings (SSSR count). The van der Waals surface area contributed by atoms with Crippen LogP contribution in [0.1, 0.15) is 18.4 Å². The predicted molar refractivity (Wildman–Crippen MR) is 111 cm³/mol. The first-order valence-electron chi connectivity index (χ1n) is 10.1. The number of methoxy groups -OCH3 is 1. The van der Waals surface area contributed by atoms with Gasteiger partial charge >= 0.3 is 0 Å². The molecule has 1 aliphatic heterocycles. The van der Waals surface area contributed by atoms with E-state index in [0.717, 1.165) is 10.5 Å². The summed E-state index contributed by atoms with van der Waals surface area (Å²) in [6, 6.07) is 5.10. The molecule has 1 fully saturated rings. The third kappa shape index (κ3) is 5.04. The van der Waals surface area contributed by atoms with Crippen molar-refractivity contribution < 1.29 is 28.7 Å². The quantitative estimate of drug-likeness (QED) is 0.483. The smallest absolute Gasteiger partial charge is 0.259 e. The number of carbonyl (C=O) groups is 4. The number of likely N-dealkylation sites (N-methyl/N-ethyl adjacent to an activating group) is 1. The topological polar surface area (TPSA) is 105 Å². The zero-order chi connectivity index (χ0) is 22.5. The number of hydrogen-bond donors (Lipinski definition) is 1. The van der Waals surface area contributed by atoms with Gasteiger partial charge in [-0.05, 0) is 30.5 Å². The SMILES string of the molecule is COc1cc(CNC(=O)CN2C(=O)C3CC=CCC3C2=O)ccc1OCC(=O)N(C)C. The number of fused-ring (bicyclic) bond motifs is 1. The molecule has 0 saturated carbocycles. The molecule has 31 heavy (non-hydrogen) atoms. The van der Waals surface area contributed by atoms with Crippen LogP contribution in [0.3, 0.4) is 0 Å². The van der Waals surface area contributed by atoms with Crippen molar-refractivity contribution in [2.24, 2.45) is 11.8 Å². The number of hydrogen-bond acceptors (Lipinski definition) is 6. The van der Waals surface area contributed by atoms with Crippen LogP contribution in [-0.2, 0) is 25.7 Å². The van der Waals surface area contributed by atoms with Gasteiger partial charge in [-0.25, -0.2) is 0 Å². The molecule has 2 unspecified atom stereocenters. The van der Waals surface area contributed by atoms with Crippen molar-refractivity contribution in [1.29, 1.82) is 0 Å². The van der Waals surface area contributed by atoms with E-state index in [4.69, 9.17) is 9.47 Å². The monoisotopic (exact) mass is 429 g/mol. The molecule has 2 aliphatic rings. The molecular weight excluding hydrogens is 402 g/mol. The second-order valence-electron chi connectivity index (χ2n) is 7.76. The maximum atomic E-state index is 12.5. The second kappa shape index (κ2) is 9.63. The van der Waals surface area contributed by atoms with Crippen molar-refractivity contribution in [3.8, 4) is 11.5 Å². The Morgan fingerprint density at radius 3 is 2.32 bits per heavy atom. The molecule has 1 aliphatic carbocycles. The summed E-state index contributed by atoms with van der Waals surface area (Å²) >= 11 is 0. The van der Waals surface area contributed by atoms with Crippen LogP contribution in [0.5, 0.6) is 11.5 Å². The van der Waals surface area contributed by atoms with Crippen molar-refractivity contribution in [3.63, 3.8) is 0 Å². The molecule has 1 aromatic carbocycles. The van der Waals surface area contributed by atoms with Gasteiger partial charge < -0.3 is 19.7 Å². The standard InChI is InChI=1S/C22H27N3O6/c1-24(2)20(27)13-31-17-9-8-14(10-18(17)30-3)11-23-19(26)12-25-21(28)15-6-4-5-7-16(15)22(25)29/h4-5,8-10,15-16H,6-7,11-13H2,1-3H3,(H,23,26). The molecule has 0 spiro atoms. The summed E-state index contributed by atoms with van der Waals surface area (Å²) in [5, 5.41) is 2.73. The van der Waals surface area contributed by atoms with Crippen molar-refractivity contribution >= 4 is 23.6 Å². The Hall–Kier alpha value is -3.36. The lowest BCUT2D eigenvalue weighted by atomic mass is 9.85. The number of likely N-dealkylation sites (tertiary alicyclic amines) is 1. The number of allylic oxidation sites excluding steroid dienone is 2. The van der Waals surface area contributed by atoms with Crippen LogP contribution in [0.15, 0.2) is 30.4 Å². The van der Waals surface area contributed by atoms with Crippen LogP contribution in [0, 0.1) is 11.8 Å². The zero-order valence-corrected chi connectivity index (χ0v) is 17.9. The van der Waals surface area contributed by atoms with Gasteiger partial charge in [0, 0.05) is 20.6 Å². The van der Waals surface area contributed by atoms with Crippen molar-refractivity contribution in [2.75, 3.05) is 34.4 Å². The fraction of sp³-hybridized carbons (Fsp3) is 0.455. The molecular formula is C22H27N3O6. The normalized spacial score (nSPS) is 19.8. The molecule has 9 heteroatoms. The lowest BCUT2D eigenvalue weighted by Crippen LogP contribution is -2.40. The third-order valence-electron chi connectivity index (χ3n) is 5.47. The Labute approximate surface area is 181 Å². The van der Waals surface area contributed by atoms with Gasteiger partial charge in [-0.15, -0.1) is 0 Å². The average molecular weight is 429 g/mol. The summed E-state index contributed by atoms with van der Waals surface area (Å²) in [4.78, 5) is 51.5. The molecule has 1 N–H and O–H groups in total. The van der Waals surface area contributed by atoms with E-state index in [1.165, 1.54) is 12.0 Å². The Bertz CT molecular complexity index is 885. The highest BCUT2D eigenvalue weighted by Gasteiger charge is 2.47. The van der Waals surface area contributed by atoms with Crippen molar-refractivity contribution in [1.82, 2.24) is 15.1 Å². The highest BCUT2D eigenvalue weighted by molar-refractivity contribution is 6.07. The highest BCUT2D eigenvalue weighted by Crippen LogP contribution is 2.34. The van der Waals surface area contributed by atoms with E-state index in [9.17, 15) is 19.2 Å². The van der Waals surface area contributed by atoms with Gasteiger partial charge in [0.25, 0.3) is 5.91 Å². The van der Waals surface area contributed by atoms with Crippen LogP contribution in [-0.4, -0.2) is 67.8 Å². The van der Waals surface area contributed by atoms with Gasteiger partial charge in [-0.2, -0.15) is 0 Å². The summed E-state index contributed by atoms with van der Waals surface area (Å²) in [5.74, 6) is -0.987. The van der Waals surface area contributed by atoms with Gasteiger partial charge in [0.15, 0.2) is 18.1 Å². The third-order valence-corrected chi connectivity index (χ3v) is 5.47. The van der Waals surface area contributed by atoms with E-state index in [1.807, 2.05) is 12.2 Å². The minimum Gasteiger partial charge on any atom is -0.493 e. The lowest BCUT2D eigenvalue weighted by Gasteiger charge is -2.16. The van der Waals surface area contributed by atoms with Crippen LogP contribution < -0.4 is 14.8 Å². The van der Waals surface area contributed by atoms with Gasteiger partial charge in [0.1, 0.15) is 6.54 Å². The molecule has 0 radical (unpaired) electrons. The predicted octanol–water partition coefficient (Wildman–Crippen LogP) is 0.730. The Morgan fingerprint density at radius 1 is 1.10 bits per heavy atom. The van der Waals surface area contributed by atoms with Gasteiger partial charge in [0.05, 0.1) is 18.9 Å². The minimum absolute atomic E-state index is 0.116. The zero-order valence-electron chi connectivity index (χ0n) is 17.9. The number of ether oxygens (including phenoxy) is 2. The number of carbonyl (C=O) groups excluding carboxylic acids is 4. The molecule has 0 bridgehead atoms. The lowest BCUT2D eigenvalue weighted by molar-refractivity contribution is -0.143. The van der Waals surface area contributed by atoms with Crippen molar-refractivity contribution in [2.45, 2.75) is 19.4 Å². The molecule has 9 nitrogen and oxygen atoms in total. The summed E-state index contributed by atoms with van der Waals surface area (Å²) in [6.45, 7) is -0.207. The number of rotatable bonds is 8. The van der Waals surface area contributed by atoms with E-state index < -0.39 is 5.91 Å². The summed E-state index contributed by atoms with van der Waals surface area (Å²) in [5.41, 5.74) is 0.744. The first-order chi connectivity index (χ1) is 14.8. The average Bonchev–Trinajstić information content (AvgIpc) is 3.01. The number of nitrogens with one attached hydrogen (secondary N) is 1. The summed E-state index contributed by atoms with van der Waals surface area (Å²) < 4.78 is 10.8. The maximum Gasteiger partial charge on any atom is 0.259 e. The number of nitrogens with zero attached hydrogens (tertiary/aromatic N) is 2. The molecule has 0 aromatic heterocycles. The highest BCUT2D eigenvalue weighted by atomic mass is 16.5. The van der Waals surface area contributed by atoms with E-state index in [-0.39, 0.29) is 49.3 Å².